The van der Waals surface area contributed by atoms with Gasteiger partial charge < -0.3 is 20.7 Å². The van der Waals surface area contributed by atoms with Crippen molar-refractivity contribution in [2.24, 2.45) is 5.92 Å². The molecular weight excluding hydrogens is 454 g/mol. The first-order chi connectivity index (χ1) is 15.4. The Balaban J connectivity index is 1.89. The van der Waals surface area contributed by atoms with Crippen LogP contribution in [0.2, 0.25) is 0 Å². The van der Waals surface area contributed by atoms with Crippen LogP contribution in [0.4, 0.5) is 5.69 Å². The van der Waals surface area contributed by atoms with Gasteiger partial charge in [-0.1, -0.05) is 58.5 Å². The first-order valence-corrected chi connectivity index (χ1v) is 12.9. The SMILES string of the molecule is Cc1sc(SC2=C(O)CC(CCc3ccc(N)cc3)(C(C)C)OC2=O)c(C(C)(C)C)c1CO. The lowest BCUT2D eigenvalue weighted by Gasteiger charge is -2.40. The standard InChI is InChI=1S/C26H35NO4S2/c1-15(2)26(12-11-17-7-9-18(27)10-8-17)13-20(29)22(23(30)31-26)33-24-21(25(4,5)6)19(14-28)16(3)32-24/h7-10,15,28-29H,11-14,27H2,1-6H3. The van der Waals surface area contributed by atoms with Gasteiger partial charge in [0.15, 0.2) is 0 Å². The summed E-state index contributed by atoms with van der Waals surface area (Å²) in [6.45, 7) is 12.2. The zero-order valence-electron chi connectivity index (χ0n) is 20.3. The molecule has 4 N–H and O–H groups in total. The van der Waals surface area contributed by atoms with Crippen molar-refractivity contribution in [3.8, 4) is 0 Å². The molecule has 0 radical (unpaired) electrons. The van der Waals surface area contributed by atoms with E-state index in [-0.39, 0.29) is 35.0 Å². The zero-order chi connectivity index (χ0) is 24.6. The van der Waals surface area contributed by atoms with Gasteiger partial charge in [0.2, 0.25) is 0 Å². The largest absolute Gasteiger partial charge is 0.511 e. The van der Waals surface area contributed by atoms with E-state index in [4.69, 9.17) is 10.5 Å². The van der Waals surface area contributed by atoms with Gasteiger partial charge in [-0.25, -0.2) is 4.79 Å². The molecule has 5 nitrogen and oxygen atoms in total. The van der Waals surface area contributed by atoms with Crippen LogP contribution in [-0.4, -0.2) is 21.8 Å². The molecule has 0 saturated carbocycles. The summed E-state index contributed by atoms with van der Waals surface area (Å²) >= 11 is 2.81. The number of aliphatic hydroxyl groups excluding tert-OH is 2. The highest BCUT2D eigenvalue weighted by atomic mass is 32.2. The molecule has 1 atom stereocenters. The topological polar surface area (TPSA) is 92.8 Å². The van der Waals surface area contributed by atoms with E-state index >= 15 is 0 Å². The van der Waals surface area contributed by atoms with E-state index in [0.717, 1.165) is 32.2 Å². The number of rotatable bonds is 7. The van der Waals surface area contributed by atoms with Gasteiger partial charge in [-0.3, -0.25) is 0 Å². The average Bonchev–Trinajstić information content (AvgIpc) is 3.05. The number of nitrogen functional groups attached to an aromatic ring is 1. The molecular formula is C26H35NO4S2. The van der Waals surface area contributed by atoms with Gasteiger partial charge in [-0.2, -0.15) is 0 Å². The predicted octanol–water partition coefficient (Wildman–Crippen LogP) is 6.26. The number of carbonyl (C=O) groups excluding carboxylic acids is 1. The number of carbonyl (C=O) groups is 1. The van der Waals surface area contributed by atoms with Crippen LogP contribution in [0.25, 0.3) is 0 Å². The predicted molar refractivity (Wildman–Crippen MR) is 137 cm³/mol. The van der Waals surface area contributed by atoms with E-state index in [2.05, 4.69) is 20.8 Å². The monoisotopic (exact) mass is 489 g/mol. The minimum atomic E-state index is -0.763. The second kappa shape index (κ2) is 9.72. The van der Waals surface area contributed by atoms with Gasteiger partial charge in [0.25, 0.3) is 0 Å². The highest BCUT2D eigenvalue weighted by Gasteiger charge is 2.45. The Labute approximate surface area is 205 Å². The fraction of sp³-hybridized carbons (Fsp3) is 0.500. The molecule has 3 rings (SSSR count). The Morgan fingerprint density at radius 2 is 1.88 bits per heavy atom. The summed E-state index contributed by atoms with van der Waals surface area (Å²) in [5.41, 5.74) is 8.57. The van der Waals surface area contributed by atoms with Gasteiger partial charge in [-0.15, -0.1) is 11.3 Å². The number of anilines is 1. The van der Waals surface area contributed by atoms with Crippen molar-refractivity contribution in [1.29, 1.82) is 0 Å². The Morgan fingerprint density at radius 1 is 1.24 bits per heavy atom. The number of thiophene rings is 1. The van der Waals surface area contributed by atoms with Crippen molar-refractivity contribution in [3.63, 3.8) is 0 Å². The van der Waals surface area contributed by atoms with Crippen molar-refractivity contribution >= 4 is 34.8 Å². The van der Waals surface area contributed by atoms with Crippen LogP contribution in [0.1, 0.15) is 69.0 Å². The minimum absolute atomic E-state index is 0.0408. The van der Waals surface area contributed by atoms with E-state index in [1.807, 2.05) is 45.0 Å². The molecule has 7 heteroatoms. The molecule has 180 valence electrons. The smallest absolute Gasteiger partial charge is 0.349 e. The number of cyclic esters (lactones) is 1. The molecule has 0 aliphatic carbocycles. The lowest BCUT2D eigenvalue weighted by atomic mass is 9.80. The molecule has 2 aromatic rings. The van der Waals surface area contributed by atoms with Crippen LogP contribution >= 0.6 is 23.1 Å². The molecule has 2 heterocycles. The van der Waals surface area contributed by atoms with Gasteiger partial charge >= 0.3 is 5.97 Å². The lowest BCUT2D eigenvalue weighted by Crippen LogP contribution is -2.44. The van der Waals surface area contributed by atoms with Crippen molar-refractivity contribution in [2.75, 3.05) is 5.73 Å². The van der Waals surface area contributed by atoms with Crippen LogP contribution in [0, 0.1) is 12.8 Å². The van der Waals surface area contributed by atoms with Crippen LogP contribution in [0.5, 0.6) is 0 Å². The molecule has 33 heavy (non-hydrogen) atoms. The molecule has 0 fully saturated rings. The highest BCUT2D eigenvalue weighted by molar-refractivity contribution is 8.05. The molecule has 0 amide bonds. The van der Waals surface area contributed by atoms with Crippen molar-refractivity contribution in [3.05, 3.63) is 56.5 Å². The first-order valence-electron chi connectivity index (χ1n) is 11.3. The van der Waals surface area contributed by atoms with Gasteiger partial charge in [0.1, 0.15) is 16.3 Å². The summed E-state index contributed by atoms with van der Waals surface area (Å²) < 4.78 is 7.00. The first kappa shape index (κ1) is 25.7. The van der Waals surface area contributed by atoms with Crippen molar-refractivity contribution in [1.82, 2.24) is 0 Å². The Bertz CT molecular complexity index is 1050. The van der Waals surface area contributed by atoms with Crippen LogP contribution in [-0.2, 0) is 28.0 Å². The number of nitrogens with two attached hydrogens (primary N) is 1. The third-order valence-corrected chi connectivity index (χ3v) is 8.80. The normalized spacial score (nSPS) is 19.3. The quantitative estimate of drug-likeness (QED) is 0.314. The van der Waals surface area contributed by atoms with E-state index in [1.165, 1.54) is 11.8 Å². The van der Waals surface area contributed by atoms with Crippen molar-refractivity contribution < 1.29 is 19.7 Å². The summed E-state index contributed by atoms with van der Waals surface area (Å²) in [4.78, 5) is 14.5. The van der Waals surface area contributed by atoms with E-state index in [0.29, 0.717) is 12.1 Å². The number of hydrogen-bond acceptors (Lipinski definition) is 7. The number of aryl methyl sites for hydroxylation is 2. The number of esters is 1. The Kier molecular flexibility index (Phi) is 7.56. The average molecular weight is 490 g/mol. The summed E-state index contributed by atoms with van der Waals surface area (Å²) in [5, 5.41) is 21.0. The second-order valence-electron chi connectivity index (χ2n) is 10.1. The van der Waals surface area contributed by atoms with E-state index in [1.54, 1.807) is 11.3 Å². The molecule has 0 saturated heterocycles. The molecule has 1 unspecified atom stereocenters. The highest BCUT2D eigenvalue weighted by Crippen LogP contribution is 2.48. The maximum atomic E-state index is 13.2. The maximum Gasteiger partial charge on any atom is 0.349 e. The molecule has 1 aromatic carbocycles. The fourth-order valence-electron chi connectivity index (χ4n) is 4.30. The summed E-state index contributed by atoms with van der Waals surface area (Å²) in [6, 6.07) is 7.70. The number of hydrogen-bond donors (Lipinski definition) is 3. The maximum absolute atomic E-state index is 13.2. The minimum Gasteiger partial charge on any atom is -0.511 e. The zero-order valence-corrected chi connectivity index (χ0v) is 22.0. The lowest BCUT2D eigenvalue weighted by molar-refractivity contribution is -0.164. The summed E-state index contributed by atoms with van der Waals surface area (Å²) in [6.07, 6.45) is 1.62. The summed E-state index contributed by atoms with van der Waals surface area (Å²) in [7, 11) is 0. The molecule has 0 bridgehead atoms. The van der Waals surface area contributed by atoms with Gasteiger partial charge in [-0.05, 0) is 59.9 Å². The van der Waals surface area contributed by atoms with E-state index < -0.39 is 11.6 Å². The second-order valence-corrected chi connectivity index (χ2v) is 12.6. The number of benzene rings is 1. The van der Waals surface area contributed by atoms with Gasteiger partial charge in [0, 0.05) is 17.0 Å². The fourth-order valence-corrected chi connectivity index (χ4v) is 7.23. The molecule has 0 spiro atoms. The number of thioether (sulfide) groups is 1. The number of aliphatic hydroxyl groups is 2. The van der Waals surface area contributed by atoms with Crippen LogP contribution in [0.3, 0.4) is 0 Å². The number of ether oxygens (including phenoxy) is 1. The molecule has 1 aliphatic rings. The van der Waals surface area contributed by atoms with Crippen LogP contribution in [0.15, 0.2) is 39.1 Å². The van der Waals surface area contributed by atoms with Crippen LogP contribution < -0.4 is 5.73 Å². The molecule has 1 aliphatic heterocycles. The summed E-state index contributed by atoms with van der Waals surface area (Å²) in [5.74, 6) is -0.357. The van der Waals surface area contributed by atoms with E-state index in [9.17, 15) is 15.0 Å². The third kappa shape index (κ3) is 5.42. The molecule has 1 aromatic heterocycles. The third-order valence-electron chi connectivity index (χ3n) is 6.36. The Morgan fingerprint density at radius 3 is 2.39 bits per heavy atom. The van der Waals surface area contributed by atoms with Gasteiger partial charge in [0.05, 0.1) is 10.8 Å². The van der Waals surface area contributed by atoms with Crippen molar-refractivity contribution in [2.45, 2.75) is 82.6 Å². The Hall–Kier alpha value is -1.96.